The molecule has 1 fully saturated rings. The molecular formula is C11H14FNO. The summed E-state index contributed by atoms with van der Waals surface area (Å²) < 4.78 is 12.8. The molecule has 1 unspecified atom stereocenters. The maximum atomic E-state index is 12.8. The summed E-state index contributed by atoms with van der Waals surface area (Å²) in [6, 6.07) is 4.84. The lowest BCUT2D eigenvalue weighted by Gasteiger charge is -2.23. The highest BCUT2D eigenvalue weighted by Crippen LogP contribution is 2.26. The van der Waals surface area contributed by atoms with E-state index in [1.54, 1.807) is 6.07 Å². The third kappa shape index (κ3) is 1.87. The van der Waals surface area contributed by atoms with Gasteiger partial charge in [-0.2, -0.15) is 0 Å². The molecule has 0 aliphatic carbocycles. The van der Waals surface area contributed by atoms with E-state index in [-0.39, 0.29) is 11.8 Å². The minimum absolute atomic E-state index is 0.255. The number of halogens is 1. The SMILES string of the molecule is Oc1cc(C2CCCCN2)ccc1F. The fourth-order valence-electron chi connectivity index (χ4n) is 1.88. The van der Waals surface area contributed by atoms with Crippen LogP contribution in [-0.4, -0.2) is 11.7 Å². The van der Waals surface area contributed by atoms with Gasteiger partial charge in [-0.1, -0.05) is 12.5 Å². The number of phenols is 1. The minimum Gasteiger partial charge on any atom is -0.505 e. The van der Waals surface area contributed by atoms with E-state index in [0.29, 0.717) is 0 Å². The van der Waals surface area contributed by atoms with Crippen molar-refractivity contribution >= 4 is 0 Å². The Morgan fingerprint density at radius 1 is 1.36 bits per heavy atom. The zero-order valence-corrected chi connectivity index (χ0v) is 7.96. The summed E-state index contributed by atoms with van der Waals surface area (Å²) >= 11 is 0. The summed E-state index contributed by atoms with van der Waals surface area (Å²) in [6.07, 6.45) is 3.45. The highest BCUT2D eigenvalue weighted by Gasteiger charge is 2.15. The van der Waals surface area contributed by atoms with Crippen LogP contribution in [0, 0.1) is 5.82 Å². The van der Waals surface area contributed by atoms with E-state index >= 15 is 0 Å². The van der Waals surface area contributed by atoms with Crippen LogP contribution in [0.15, 0.2) is 18.2 Å². The second-order valence-corrected chi connectivity index (χ2v) is 3.71. The predicted octanol–water partition coefficient (Wildman–Crippen LogP) is 2.35. The molecule has 0 bridgehead atoms. The third-order valence-corrected chi connectivity index (χ3v) is 2.68. The molecule has 0 saturated carbocycles. The summed E-state index contributed by atoms with van der Waals surface area (Å²) in [6.45, 7) is 1.00. The topological polar surface area (TPSA) is 32.3 Å². The van der Waals surface area contributed by atoms with E-state index in [2.05, 4.69) is 5.32 Å². The summed E-state index contributed by atoms with van der Waals surface area (Å²) in [7, 11) is 0. The van der Waals surface area contributed by atoms with Gasteiger partial charge in [-0.3, -0.25) is 0 Å². The van der Waals surface area contributed by atoms with Crippen molar-refractivity contribution in [3.8, 4) is 5.75 Å². The molecular weight excluding hydrogens is 181 g/mol. The zero-order valence-electron chi connectivity index (χ0n) is 7.96. The van der Waals surface area contributed by atoms with Gasteiger partial charge in [0.1, 0.15) is 0 Å². The van der Waals surface area contributed by atoms with Crippen molar-refractivity contribution in [1.29, 1.82) is 0 Å². The van der Waals surface area contributed by atoms with Crippen LogP contribution in [0.3, 0.4) is 0 Å². The molecule has 3 heteroatoms. The van der Waals surface area contributed by atoms with Crippen LogP contribution in [0.2, 0.25) is 0 Å². The first-order chi connectivity index (χ1) is 6.77. The Balaban J connectivity index is 2.18. The average Bonchev–Trinajstić information content (AvgIpc) is 2.23. The van der Waals surface area contributed by atoms with Gasteiger partial charge >= 0.3 is 0 Å². The van der Waals surface area contributed by atoms with Gasteiger partial charge in [0.2, 0.25) is 0 Å². The Hall–Kier alpha value is -1.09. The first kappa shape index (κ1) is 9.46. The second-order valence-electron chi connectivity index (χ2n) is 3.71. The predicted molar refractivity (Wildman–Crippen MR) is 52.7 cm³/mol. The molecule has 1 aromatic rings. The van der Waals surface area contributed by atoms with E-state index < -0.39 is 5.82 Å². The Morgan fingerprint density at radius 2 is 2.21 bits per heavy atom. The standard InChI is InChI=1S/C11H14FNO/c12-9-5-4-8(7-11(9)14)10-3-1-2-6-13-10/h4-5,7,10,13-14H,1-3,6H2. The Kier molecular flexibility index (Phi) is 2.68. The lowest BCUT2D eigenvalue weighted by Crippen LogP contribution is -2.26. The van der Waals surface area contributed by atoms with E-state index in [1.807, 2.05) is 0 Å². The number of aromatic hydroxyl groups is 1. The molecule has 76 valence electrons. The molecule has 2 nitrogen and oxygen atoms in total. The van der Waals surface area contributed by atoms with Gasteiger partial charge in [-0.25, -0.2) is 4.39 Å². The van der Waals surface area contributed by atoms with Crippen molar-refractivity contribution in [2.45, 2.75) is 25.3 Å². The van der Waals surface area contributed by atoms with E-state index in [9.17, 15) is 9.50 Å². The highest BCUT2D eigenvalue weighted by atomic mass is 19.1. The van der Waals surface area contributed by atoms with Crippen molar-refractivity contribution in [3.05, 3.63) is 29.6 Å². The number of piperidine rings is 1. The molecule has 1 aromatic carbocycles. The first-order valence-corrected chi connectivity index (χ1v) is 4.99. The number of hydrogen-bond acceptors (Lipinski definition) is 2. The Labute approximate surface area is 82.8 Å². The Morgan fingerprint density at radius 3 is 2.86 bits per heavy atom. The van der Waals surface area contributed by atoms with Crippen LogP contribution < -0.4 is 5.32 Å². The molecule has 2 rings (SSSR count). The molecule has 0 spiro atoms. The van der Waals surface area contributed by atoms with E-state index in [4.69, 9.17) is 0 Å². The van der Waals surface area contributed by atoms with Gasteiger partial charge in [0, 0.05) is 6.04 Å². The quantitative estimate of drug-likeness (QED) is 0.721. The summed E-state index contributed by atoms with van der Waals surface area (Å²) in [4.78, 5) is 0. The second kappa shape index (κ2) is 3.96. The van der Waals surface area contributed by atoms with Crippen LogP contribution in [0.5, 0.6) is 5.75 Å². The molecule has 1 heterocycles. The molecule has 0 amide bonds. The number of phenolic OH excluding ortho intramolecular Hbond substituents is 1. The van der Waals surface area contributed by atoms with Crippen LogP contribution >= 0.6 is 0 Å². The van der Waals surface area contributed by atoms with Gasteiger partial charge < -0.3 is 10.4 Å². The van der Waals surface area contributed by atoms with Crippen LogP contribution in [0.25, 0.3) is 0 Å². The highest BCUT2D eigenvalue weighted by molar-refractivity contribution is 5.31. The monoisotopic (exact) mass is 195 g/mol. The van der Waals surface area contributed by atoms with Crippen molar-refractivity contribution in [3.63, 3.8) is 0 Å². The summed E-state index contributed by atoms with van der Waals surface area (Å²) in [5.74, 6) is -0.806. The van der Waals surface area contributed by atoms with Gasteiger partial charge in [0.15, 0.2) is 11.6 Å². The maximum Gasteiger partial charge on any atom is 0.164 e. The third-order valence-electron chi connectivity index (χ3n) is 2.68. The van der Waals surface area contributed by atoms with Crippen molar-refractivity contribution in [2.24, 2.45) is 0 Å². The number of hydrogen-bond donors (Lipinski definition) is 2. The fraction of sp³-hybridized carbons (Fsp3) is 0.455. The molecule has 0 aromatic heterocycles. The van der Waals surface area contributed by atoms with E-state index in [0.717, 1.165) is 18.5 Å². The number of nitrogens with one attached hydrogen (secondary N) is 1. The van der Waals surface area contributed by atoms with Crippen molar-refractivity contribution < 1.29 is 9.50 Å². The van der Waals surface area contributed by atoms with Gasteiger partial charge in [-0.05, 0) is 37.1 Å². The molecule has 1 atom stereocenters. The van der Waals surface area contributed by atoms with Crippen LogP contribution in [-0.2, 0) is 0 Å². The van der Waals surface area contributed by atoms with Crippen molar-refractivity contribution in [1.82, 2.24) is 5.32 Å². The largest absolute Gasteiger partial charge is 0.505 e. The summed E-state index contributed by atoms with van der Waals surface area (Å²) in [5, 5.41) is 12.6. The van der Waals surface area contributed by atoms with Crippen LogP contribution in [0.4, 0.5) is 4.39 Å². The zero-order chi connectivity index (χ0) is 9.97. The smallest absolute Gasteiger partial charge is 0.164 e. The molecule has 1 aliphatic heterocycles. The average molecular weight is 195 g/mol. The molecule has 1 aliphatic rings. The van der Waals surface area contributed by atoms with Gasteiger partial charge in [0.05, 0.1) is 0 Å². The van der Waals surface area contributed by atoms with Crippen molar-refractivity contribution in [2.75, 3.05) is 6.54 Å². The normalized spacial score (nSPS) is 22.2. The molecule has 14 heavy (non-hydrogen) atoms. The molecule has 2 N–H and O–H groups in total. The van der Waals surface area contributed by atoms with E-state index in [1.165, 1.54) is 25.0 Å². The number of rotatable bonds is 1. The molecule has 0 radical (unpaired) electrons. The lowest BCUT2D eigenvalue weighted by molar-refractivity contribution is 0.403. The summed E-state index contributed by atoms with van der Waals surface area (Å²) in [5.41, 5.74) is 0.976. The number of benzene rings is 1. The van der Waals surface area contributed by atoms with Gasteiger partial charge in [-0.15, -0.1) is 0 Å². The maximum absolute atomic E-state index is 12.8. The van der Waals surface area contributed by atoms with Gasteiger partial charge in [0.25, 0.3) is 0 Å². The Bertz CT molecular complexity index is 321. The first-order valence-electron chi connectivity index (χ1n) is 4.99. The fourth-order valence-corrected chi connectivity index (χ4v) is 1.88. The molecule has 1 saturated heterocycles. The minimum atomic E-state index is -0.551. The lowest BCUT2D eigenvalue weighted by atomic mass is 9.97. The van der Waals surface area contributed by atoms with Crippen LogP contribution in [0.1, 0.15) is 30.9 Å².